The fourth-order valence-electron chi connectivity index (χ4n) is 2.50. The van der Waals surface area contributed by atoms with Gasteiger partial charge in [0.2, 0.25) is 0 Å². The van der Waals surface area contributed by atoms with Crippen LogP contribution in [0, 0.1) is 0 Å². The van der Waals surface area contributed by atoms with Gasteiger partial charge in [-0.1, -0.05) is 48.5 Å². The van der Waals surface area contributed by atoms with Crippen molar-refractivity contribution < 1.29 is 9.59 Å². The number of hydrazine groups is 1. The van der Waals surface area contributed by atoms with Gasteiger partial charge in [-0.2, -0.15) is 0 Å². The topological polar surface area (TPSA) is 49.4 Å². The summed E-state index contributed by atoms with van der Waals surface area (Å²) in [7, 11) is 0. The van der Waals surface area contributed by atoms with Crippen molar-refractivity contribution in [3.8, 4) is 0 Å². The number of rotatable bonds is 4. The lowest BCUT2D eigenvalue weighted by molar-refractivity contribution is 0.0887. The maximum Gasteiger partial charge on any atom is 0.277 e. The highest BCUT2D eigenvalue weighted by Crippen LogP contribution is 2.28. The number of anilines is 1. The summed E-state index contributed by atoms with van der Waals surface area (Å²) < 4.78 is 0. The molecule has 2 amide bonds. The van der Waals surface area contributed by atoms with Crippen molar-refractivity contribution in [2.45, 2.75) is 4.90 Å². The minimum absolute atomic E-state index is 0.295. The van der Waals surface area contributed by atoms with Gasteiger partial charge in [0.25, 0.3) is 11.8 Å². The van der Waals surface area contributed by atoms with Gasteiger partial charge in [-0.3, -0.25) is 15.0 Å². The number of thioether (sulfide) groups is 1. The first-order valence-corrected chi connectivity index (χ1v) is 9.31. The molecule has 0 radical (unpaired) electrons. The lowest BCUT2D eigenvalue weighted by atomic mass is 10.2. The molecule has 0 saturated carbocycles. The average molecular weight is 362 g/mol. The van der Waals surface area contributed by atoms with Crippen molar-refractivity contribution >= 4 is 29.3 Å². The number of nitrogens with zero attached hydrogens (tertiary/aromatic N) is 1. The molecule has 0 fully saturated rings. The predicted octanol–water partition coefficient (Wildman–Crippen LogP) is 4.40. The Balaban J connectivity index is 1.99. The Morgan fingerprint density at radius 2 is 1.31 bits per heavy atom. The second-order valence-electron chi connectivity index (χ2n) is 5.49. The molecular formula is C21H18N2O2S. The summed E-state index contributed by atoms with van der Waals surface area (Å²) in [6.45, 7) is 0. The maximum atomic E-state index is 13.1. The number of benzene rings is 3. The van der Waals surface area contributed by atoms with Crippen molar-refractivity contribution in [2.75, 3.05) is 11.3 Å². The normalized spacial score (nSPS) is 10.2. The summed E-state index contributed by atoms with van der Waals surface area (Å²) >= 11 is 1.51. The van der Waals surface area contributed by atoms with Crippen LogP contribution in [0.3, 0.4) is 0 Å². The van der Waals surface area contributed by atoms with E-state index in [1.165, 1.54) is 16.8 Å². The fraction of sp³-hybridized carbons (Fsp3) is 0.0476. The van der Waals surface area contributed by atoms with Gasteiger partial charge in [0, 0.05) is 16.0 Å². The molecule has 3 aromatic carbocycles. The third-order valence-electron chi connectivity index (χ3n) is 3.80. The summed E-state index contributed by atoms with van der Waals surface area (Å²) in [6.07, 6.45) is 1.93. The van der Waals surface area contributed by atoms with Crippen molar-refractivity contribution in [1.82, 2.24) is 5.43 Å². The summed E-state index contributed by atoms with van der Waals surface area (Å²) in [6, 6.07) is 25.2. The summed E-state index contributed by atoms with van der Waals surface area (Å²) in [4.78, 5) is 26.6. The fourth-order valence-corrected chi connectivity index (χ4v) is 3.08. The van der Waals surface area contributed by atoms with E-state index in [1.807, 2.05) is 42.7 Å². The number of carbonyl (C=O) groups excluding carboxylic acids is 2. The molecule has 5 heteroatoms. The second-order valence-corrected chi connectivity index (χ2v) is 6.33. The predicted molar refractivity (Wildman–Crippen MR) is 105 cm³/mol. The molecule has 0 heterocycles. The maximum absolute atomic E-state index is 13.1. The van der Waals surface area contributed by atoms with Crippen LogP contribution < -0.4 is 10.4 Å². The van der Waals surface area contributed by atoms with Crippen LogP contribution in [0.2, 0.25) is 0 Å². The first kappa shape index (κ1) is 17.8. The van der Waals surface area contributed by atoms with E-state index in [9.17, 15) is 9.59 Å². The van der Waals surface area contributed by atoms with Crippen LogP contribution in [-0.2, 0) is 0 Å². The van der Waals surface area contributed by atoms with E-state index >= 15 is 0 Å². The van der Waals surface area contributed by atoms with Crippen molar-refractivity contribution in [3.63, 3.8) is 0 Å². The van der Waals surface area contributed by atoms with E-state index < -0.39 is 0 Å². The highest BCUT2D eigenvalue weighted by atomic mass is 32.2. The summed E-state index contributed by atoms with van der Waals surface area (Å²) in [5.41, 5.74) is 4.37. The standard InChI is InChI=1S/C21H18N2O2S/c1-26-19-15-9-8-14-18(19)23(21(25)17-12-6-3-7-13-17)22-20(24)16-10-4-2-5-11-16/h2-15H,1H3,(H,22,24). The van der Waals surface area contributed by atoms with Crippen molar-refractivity contribution in [2.24, 2.45) is 0 Å². The second kappa shape index (κ2) is 8.36. The highest BCUT2D eigenvalue weighted by Gasteiger charge is 2.22. The molecule has 0 atom stereocenters. The molecule has 0 unspecified atom stereocenters. The van der Waals surface area contributed by atoms with E-state index in [0.29, 0.717) is 16.8 Å². The van der Waals surface area contributed by atoms with Crippen LogP contribution in [0.5, 0.6) is 0 Å². The first-order valence-electron chi connectivity index (χ1n) is 8.09. The summed E-state index contributed by atoms with van der Waals surface area (Å²) in [5.74, 6) is -0.637. The van der Waals surface area contributed by atoms with E-state index in [4.69, 9.17) is 0 Å². The Morgan fingerprint density at radius 1 is 0.769 bits per heavy atom. The van der Waals surface area contributed by atoms with Gasteiger partial charge in [-0.25, -0.2) is 5.01 Å². The zero-order valence-corrected chi connectivity index (χ0v) is 15.1. The van der Waals surface area contributed by atoms with E-state index in [1.54, 1.807) is 48.5 Å². The molecule has 3 aromatic rings. The first-order chi connectivity index (χ1) is 12.7. The Hall–Kier alpha value is -3.05. The average Bonchev–Trinajstić information content (AvgIpc) is 2.72. The summed E-state index contributed by atoms with van der Waals surface area (Å²) in [5, 5.41) is 1.32. The largest absolute Gasteiger partial charge is 0.277 e. The number of nitrogens with one attached hydrogen (secondary N) is 1. The van der Waals surface area contributed by atoms with Crippen LogP contribution in [-0.4, -0.2) is 18.1 Å². The van der Waals surface area contributed by atoms with Crippen LogP contribution in [0.15, 0.2) is 89.8 Å². The number of carbonyl (C=O) groups is 2. The zero-order valence-electron chi connectivity index (χ0n) is 14.3. The molecule has 0 spiro atoms. The molecule has 0 saturated heterocycles. The van der Waals surface area contributed by atoms with Crippen molar-refractivity contribution in [1.29, 1.82) is 0 Å². The Kier molecular flexibility index (Phi) is 5.71. The van der Waals surface area contributed by atoms with Crippen LogP contribution in [0.1, 0.15) is 20.7 Å². The van der Waals surface area contributed by atoms with E-state index in [2.05, 4.69) is 5.43 Å². The SMILES string of the molecule is CSc1ccccc1N(NC(=O)c1ccccc1)C(=O)c1ccccc1. The van der Waals surface area contributed by atoms with E-state index in [0.717, 1.165) is 4.90 Å². The lowest BCUT2D eigenvalue weighted by Crippen LogP contribution is -2.46. The quantitative estimate of drug-likeness (QED) is 0.553. The molecular weight excluding hydrogens is 344 g/mol. The van der Waals surface area contributed by atoms with Gasteiger partial charge < -0.3 is 0 Å². The van der Waals surface area contributed by atoms with Gasteiger partial charge in [0.1, 0.15) is 0 Å². The minimum atomic E-state index is -0.342. The van der Waals surface area contributed by atoms with Gasteiger partial charge in [-0.05, 0) is 42.7 Å². The Morgan fingerprint density at radius 3 is 1.92 bits per heavy atom. The van der Waals surface area contributed by atoms with Gasteiger partial charge >= 0.3 is 0 Å². The van der Waals surface area contributed by atoms with Gasteiger partial charge in [-0.15, -0.1) is 11.8 Å². The van der Waals surface area contributed by atoms with Crippen LogP contribution in [0.25, 0.3) is 0 Å². The van der Waals surface area contributed by atoms with Crippen molar-refractivity contribution in [3.05, 3.63) is 96.1 Å². The molecule has 0 aromatic heterocycles. The monoisotopic (exact) mass is 362 g/mol. The Labute approximate surface area is 156 Å². The van der Waals surface area contributed by atoms with Crippen LogP contribution in [0.4, 0.5) is 5.69 Å². The molecule has 3 rings (SSSR count). The van der Waals surface area contributed by atoms with Gasteiger partial charge in [0.15, 0.2) is 0 Å². The highest BCUT2D eigenvalue weighted by molar-refractivity contribution is 7.98. The molecule has 0 aliphatic carbocycles. The third kappa shape index (κ3) is 3.95. The molecule has 4 nitrogen and oxygen atoms in total. The number of hydrogen-bond acceptors (Lipinski definition) is 3. The molecule has 0 aliphatic rings. The third-order valence-corrected chi connectivity index (χ3v) is 4.58. The smallest absolute Gasteiger partial charge is 0.267 e. The number of para-hydroxylation sites is 1. The van der Waals surface area contributed by atoms with Crippen LogP contribution >= 0.6 is 11.8 Å². The number of hydrogen-bond donors (Lipinski definition) is 1. The molecule has 130 valence electrons. The molecule has 26 heavy (non-hydrogen) atoms. The lowest BCUT2D eigenvalue weighted by Gasteiger charge is -2.25. The molecule has 0 bridgehead atoms. The zero-order chi connectivity index (χ0) is 18.4. The van der Waals surface area contributed by atoms with Gasteiger partial charge in [0.05, 0.1) is 5.69 Å². The number of amides is 2. The minimum Gasteiger partial charge on any atom is -0.267 e. The molecule has 0 aliphatic heterocycles. The Bertz CT molecular complexity index is 898. The van der Waals surface area contributed by atoms with E-state index in [-0.39, 0.29) is 11.8 Å². The molecule has 1 N–H and O–H groups in total.